The molecule has 0 aliphatic heterocycles. The topological polar surface area (TPSA) is 83.3 Å². The zero-order chi connectivity index (χ0) is 14.7. The first-order valence-electron chi connectivity index (χ1n) is 5.90. The summed E-state index contributed by atoms with van der Waals surface area (Å²) in [4.78, 5) is 12.9. The molecule has 6 nitrogen and oxygen atoms in total. The maximum absolute atomic E-state index is 11.9. The van der Waals surface area contributed by atoms with Gasteiger partial charge in [-0.3, -0.25) is 9.89 Å². The van der Waals surface area contributed by atoms with Crippen molar-refractivity contribution in [1.82, 2.24) is 15.6 Å². The summed E-state index contributed by atoms with van der Waals surface area (Å²) in [7, 11) is 0. The number of hydrogen-bond acceptors (Lipinski definition) is 5. The molecule has 0 aliphatic rings. The molecule has 0 spiro atoms. The van der Waals surface area contributed by atoms with Crippen LogP contribution in [0.2, 0.25) is 0 Å². The lowest BCUT2D eigenvalue weighted by molar-refractivity contribution is 0.0950. The van der Waals surface area contributed by atoms with Gasteiger partial charge in [0.25, 0.3) is 5.91 Å². The van der Waals surface area contributed by atoms with Gasteiger partial charge in [0.1, 0.15) is 5.76 Å². The second-order valence-corrected chi connectivity index (χ2v) is 6.45. The minimum absolute atomic E-state index is 0.270. The monoisotopic (exact) mass is 364 g/mol. The predicted octanol–water partition coefficient (Wildman–Crippen LogP) is 3.26. The van der Waals surface area contributed by atoms with Gasteiger partial charge in [-0.15, -0.1) is 11.3 Å². The average molecular weight is 365 g/mol. The molecule has 0 atom stereocenters. The molecule has 0 saturated carbocycles. The number of aromatic amines is 1. The van der Waals surface area contributed by atoms with Gasteiger partial charge < -0.3 is 4.42 Å². The molecule has 0 saturated heterocycles. The summed E-state index contributed by atoms with van der Waals surface area (Å²) in [6, 6.07) is 9.03. The van der Waals surface area contributed by atoms with E-state index in [2.05, 4.69) is 36.7 Å². The van der Waals surface area contributed by atoms with Crippen LogP contribution in [0.3, 0.4) is 0 Å². The highest BCUT2D eigenvalue weighted by molar-refractivity contribution is 9.11. The molecular weight excluding hydrogens is 356 g/mol. The van der Waals surface area contributed by atoms with E-state index in [4.69, 9.17) is 4.42 Å². The van der Waals surface area contributed by atoms with Gasteiger partial charge in [-0.1, -0.05) is 0 Å². The molecule has 2 N–H and O–H groups in total. The number of carbonyl (C=O) groups excluding carboxylic acids is 1. The number of furan rings is 1. The third-order valence-electron chi connectivity index (χ3n) is 2.55. The van der Waals surface area contributed by atoms with Crippen LogP contribution in [0.4, 0.5) is 0 Å². The molecule has 0 bridgehead atoms. The fraction of sp³-hybridized carbons (Fsp3) is 0. The van der Waals surface area contributed by atoms with Crippen LogP contribution in [-0.2, 0) is 0 Å². The van der Waals surface area contributed by atoms with E-state index in [1.54, 1.807) is 29.5 Å². The quantitative estimate of drug-likeness (QED) is 0.550. The lowest BCUT2D eigenvalue weighted by atomic mass is 10.3. The molecule has 3 aromatic heterocycles. The Bertz CT molecular complexity index is 776. The number of H-pyrrole nitrogens is 1. The van der Waals surface area contributed by atoms with Gasteiger partial charge in [0.15, 0.2) is 5.69 Å². The third kappa shape index (κ3) is 3.29. The van der Waals surface area contributed by atoms with Gasteiger partial charge in [-0.25, -0.2) is 5.43 Å². The lowest BCUT2D eigenvalue weighted by Gasteiger charge is -1.93. The third-order valence-corrected chi connectivity index (χ3v) is 4.21. The minimum Gasteiger partial charge on any atom is -0.463 e. The minimum atomic E-state index is -0.393. The molecule has 0 radical (unpaired) electrons. The second kappa shape index (κ2) is 6.06. The van der Waals surface area contributed by atoms with Gasteiger partial charge in [-0.05, 0) is 46.3 Å². The summed E-state index contributed by atoms with van der Waals surface area (Å²) >= 11 is 4.95. The molecule has 8 heteroatoms. The van der Waals surface area contributed by atoms with Crippen molar-refractivity contribution in [2.45, 2.75) is 0 Å². The van der Waals surface area contributed by atoms with E-state index in [0.717, 1.165) is 14.4 Å². The van der Waals surface area contributed by atoms with Crippen molar-refractivity contribution in [2.24, 2.45) is 5.10 Å². The summed E-state index contributed by atoms with van der Waals surface area (Å²) in [6.07, 6.45) is 2.95. The van der Waals surface area contributed by atoms with Crippen molar-refractivity contribution in [3.8, 4) is 10.6 Å². The number of carbonyl (C=O) groups is 1. The molecule has 21 heavy (non-hydrogen) atoms. The fourth-order valence-electron chi connectivity index (χ4n) is 1.60. The smallest absolute Gasteiger partial charge is 0.291 e. The number of aromatic nitrogens is 2. The summed E-state index contributed by atoms with van der Waals surface area (Å²) in [5.41, 5.74) is 3.44. The van der Waals surface area contributed by atoms with Crippen LogP contribution in [0, 0.1) is 0 Å². The Balaban J connectivity index is 1.67. The molecular formula is C13H9BrN4O2S. The van der Waals surface area contributed by atoms with Crippen molar-refractivity contribution in [3.05, 3.63) is 51.8 Å². The van der Waals surface area contributed by atoms with E-state index in [9.17, 15) is 4.79 Å². The van der Waals surface area contributed by atoms with Gasteiger partial charge >= 0.3 is 0 Å². The van der Waals surface area contributed by atoms with Crippen LogP contribution >= 0.6 is 27.3 Å². The van der Waals surface area contributed by atoms with Gasteiger partial charge in [0.05, 0.1) is 26.8 Å². The number of hydrazone groups is 1. The van der Waals surface area contributed by atoms with Crippen LogP contribution in [0.25, 0.3) is 10.6 Å². The van der Waals surface area contributed by atoms with Crippen LogP contribution in [0.15, 0.2) is 49.9 Å². The number of thiophene rings is 1. The molecule has 106 valence electrons. The van der Waals surface area contributed by atoms with E-state index in [1.165, 1.54) is 12.5 Å². The van der Waals surface area contributed by atoms with Gasteiger partial charge in [0, 0.05) is 0 Å². The first kappa shape index (κ1) is 13.8. The number of halogens is 1. The number of nitrogens with one attached hydrogen (secondary N) is 2. The molecule has 0 aromatic carbocycles. The zero-order valence-electron chi connectivity index (χ0n) is 10.5. The fourth-order valence-corrected chi connectivity index (χ4v) is 2.95. The van der Waals surface area contributed by atoms with Gasteiger partial charge in [-0.2, -0.15) is 10.2 Å². The highest BCUT2D eigenvalue weighted by Gasteiger charge is 2.11. The first-order chi connectivity index (χ1) is 10.2. The molecule has 3 aromatic rings. The zero-order valence-corrected chi connectivity index (χ0v) is 12.9. The molecule has 0 fully saturated rings. The number of amides is 1. The van der Waals surface area contributed by atoms with E-state index in [0.29, 0.717) is 5.76 Å². The largest absolute Gasteiger partial charge is 0.463 e. The number of hydrogen-bond donors (Lipinski definition) is 2. The maximum Gasteiger partial charge on any atom is 0.291 e. The van der Waals surface area contributed by atoms with Crippen LogP contribution in [0.1, 0.15) is 16.2 Å². The van der Waals surface area contributed by atoms with Crippen molar-refractivity contribution >= 4 is 39.4 Å². The summed E-state index contributed by atoms with van der Waals surface area (Å²) in [5.74, 6) is 0.164. The van der Waals surface area contributed by atoms with Crippen molar-refractivity contribution in [1.29, 1.82) is 0 Å². The van der Waals surface area contributed by atoms with Crippen molar-refractivity contribution in [2.75, 3.05) is 0 Å². The highest BCUT2D eigenvalue weighted by Crippen LogP contribution is 2.30. The van der Waals surface area contributed by atoms with Crippen LogP contribution in [0.5, 0.6) is 0 Å². The standard InChI is InChI=1S/C13H9BrN4O2S/c14-12-4-3-11(21-12)9-6-10(17-16-9)13(19)18-15-7-8-2-1-5-20-8/h1-7H,(H,16,17)(H,18,19)/b15-7-. The van der Waals surface area contributed by atoms with E-state index in [-0.39, 0.29) is 5.69 Å². The Morgan fingerprint density at radius 1 is 1.48 bits per heavy atom. The van der Waals surface area contributed by atoms with E-state index < -0.39 is 5.91 Å². The van der Waals surface area contributed by atoms with E-state index in [1.807, 2.05) is 12.1 Å². The Morgan fingerprint density at radius 3 is 3.10 bits per heavy atom. The number of nitrogens with zero attached hydrogens (tertiary/aromatic N) is 2. The average Bonchev–Trinajstić information content (AvgIpc) is 3.19. The lowest BCUT2D eigenvalue weighted by Crippen LogP contribution is -2.17. The molecule has 0 unspecified atom stereocenters. The van der Waals surface area contributed by atoms with E-state index >= 15 is 0 Å². The highest BCUT2D eigenvalue weighted by atomic mass is 79.9. The molecule has 1 amide bonds. The van der Waals surface area contributed by atoms with Gasteiger partial charge in [0.2, 0.25) is 0 Å². The first-order valence-corrected chi connectivity index (χ1v) is 7.51. The Hall–Kier alpha value is -2.19. The summed E-state index contributed by atoms with van der Waals surface area (Å²) in [5, 5.41) is 10.6. The van der Waals surface area contributed by atoms with Crippen LogP contribution in [-0.4, -0.2) is 22.3 Å². The summed E-state index contributed by atoms with van der Waals surface area (Å²) < 4.78 is 6.07. The van der Waals surface area contributed by atoms with Crippen molar-refractivity contribution in [3.63, 3.8) is 0 Å². The predicted molar refractivity (Wildman–Crippen MR) is 83.4 cm³/mol. The molecule has 3 heterocycles. The van der Waals surface area contributed by atoms with Crippen LogP contribution < -0.4 is 5.43 Å². The molecule has 3 rings (SSSR count). The second-order valence-electron chi connectivity index (χ2n) is 3.99. The SMILES string of the molecule is O=C(N/N=C\c1ccco1)c1cc(-c2ccc(Br)s2)[nH]n1. The van der Waals surface area contributed by atoms with Crippen molar-refractivity contribution < 1.29 is 9.21 Å². The summed E-state index contributed by atoms with van der Waals surface area (Å²) in [6.45, 7) is 0. The Kier molecular flexibility index (Phi) is 3.98. The Labute approximate surface area is 132 Å². The Morgan fingerprint density at radius 2 is 2.38 bits per heavy atom. The normalized spacial score (nSPS) is 11.1. The molecule has 0 aliphatic carbocycles. The number of rotatable bonds is 4. The maximum atomic E-state index is 11.9.